The average Bonchev–Trinajstić information content (AvgIpc) is 2.41. The molecule has 1 aromatic carbocycles. The van der Waals surface area contributed by atoms with E-state index in [9.17, 15) is 0 Å². The predicted octanol–water partition coefficient (Wildman–Crippen LogP) is 3.66. The van der Waals surface area contributed by atoms with Crippen LogP contribution < -0.4 is 14.8 Å². The number of hydrogen-bond donors (Lipinski definition) is 1. The van der Waals surface area contributed by atoms with Gasteiger partial charge in [0.2, 0.25) is 0 Å². The van der Waals surface area contributed by atoms with Crippen LogP contribution in [0.5, 0.6) is 11.5 Å². The van der Waals surface area contributed by atoms with Crippen molar-refractivity contribution >= 4 is 29.1 Å². The number of hydrogen-bond acceptors (Lipinski definition) is 4. The van der Waals surface area contributed by atoms with Crippen molar-refractivity contribution in [2.75, 3.05) is 31.0 Å². The fourth-order valence-corrected chi connectivity index (χ4v) is 3.37. The van der Waals surface area contributed by atoms with Crippen molar-refractivity contribution in [2.45, 2.75) is 18.9 Å². The van der Waals surface area contributed by atoms with Gasteiger partial charge in [0.15, 0.2) is 0 Å². The minimum absolute atomic E-state index is 0.506. The maximum atomic E-state index is 6.09. The Labute approximate surface area is 117 Å². The van der Waals surface area contributed by atoms with Crippen LogP contribution in [0.3, 0.4) is 0 Å². The molecule has 1 aliphatic heterocycles. The summed E-state index contributed by atoms with van der Waals surface area (Å²) in [6.45, 7) is 0. The molecule has 0 spiro atoms. The molecular weight excluding hydrogens is 270 g/mol. The largest absolute Gasteiger partial charge is 0.495 e. The summed E-state index contributed by atoms with van der Waals surface area (Å²) in [5.41, 5.74) is 0.954. The minimum Gasteiger partial charge on any atom is -0.495 e. The van der Waals surface area contributed by atoms with Crippen LogP contribution in [-0.4, -0.2) is 31.8 Å². The molecule has 0 aromatic heterocycles. The van der Waals surface area contributed by atoms with Crippen LogP contribution >= 0.6 is 23.4 Å². The summed E-state index contributed by atoms with van der Waals surface area (Å²) in [5.74, 6) is 3.86. The number of methoxy groups -OCH3 is 2. The van der Waals surface area contributed by atoms with Crippen LogP contribution in [-0.2, 0) is 0 Å². The topological polar surface area (TPSA) is 30.5 Å². The Bertz CT molecular complexity index is 408. The summed E-state index contributed by atoms with van der Waals surface area (Å²) in [6, 6.07) is 4.20. The van der Waals surface area contributed by atoms with E-state index in [0.717, 1.165) is 11.4 Å². The van der Waals surface area contributed by atoms with Crippen LogP contribution in [0.2, 0.25) is 5.02 Å². The predicted molar refractivity (Wildman–Crippen MR) is 78.5 cm³/mol. The lowest BCUT2D eigenvalue weighted by molar-refractivity contribution is 0.404. The molecule has 0 unspecified atom stereocenters. The van der Waals surface area contributed by atoms with Gasteiger partial charge in [0.05, 0.1) is 24.9 Å². The van der Waals surface area contributed by atoms with Gasteiger partial charge >= 0.3 is 0 Å². The number of ether oxygens (including phenoxy) is 2. The van der Waals surface area contributed by atoms with E-state index < -0.39 is 0 Å². The van der Waals surface area contributed by atoms with Gasteiger partial charge in [-0.1, -0.05) is 11.6 Å². The normalized spacial score (nSPS) is 16.4. The monoisotopic (exact) mass is 287 g/mol. The molecule has 0 atom stereocenters. The van der Waals surface area contributed by atoms with Crippen LogP contribution in [0, 0.1) is 0 Å². The molecule has 0 amide bonds. The molecule has 18 heavy (non-hydrogen) atoms. The lowest BCUT2D eigenvalue weighted by atomic mass is 10.1. The van der Waals surface area contributed by atoms with Gasteiger partial charge in [-0.25, -0.2) is 0 Å². The third-order valence-corrected chi connectivity index (χ3v) is 4.40. The molecule has 5 heteroatoms. The standard InChI is InChI=1S/C13H18ClNO2S/c1-16-12-8-11(13(17-2)7-10(12)14)15-9-3-5-18-6-4-9/h7-9,15H,3-6H2,1-2H3. The third-order valence-electron chi connectivity index (χ3n) is 3.05. The lowest BCUT2D eigenvalue weighted by Crippen LogP contribution is -2.24. The molecule has 0 aliphatic carbocycles. The molecule has 2 rings (SSSR count). The molecular formula is C13H18ClNO2S. The Kier molecular flexibility index (Phi) is 4.89. The van der Waals surface area contributed by atoms with Crippen molar-refractivity contribution in [2.24, 2.45) is 0 Å². The lowest BCUT2D eigenvalue weighted by Gasteiger charge is -2.25. The zero-order valence-corrected chi connectivity index (χ0v) is 12.2. The minimum atomic E-state index is 0.506. The first-order valence-electron chi connectivity index (χ1n) is 6.00. The molecule has 1 aliphatic rings. The van der Waals surface area contributed by atoms with Crippen LogP contribution in [0.15, 0.2) is 12.1 Å². The number of anilines is 1. The highest BCUT2D eigenvalue weighted by atomic mass is 35.5. The van der Waals surface area contributed by atoms with E-state index >= 15 is 0 Å². The van der Waals surface area contributed by atoms with E-state index in [2.05, 4.69) is 5.32 Å². The summed E-state index contributed by atoms with van der Waals surface area (Å²) in [6.07, 6.45) is 2.36. The van der Waals surface area contributed by atoms with E-state index in [1.807, 2.05) is 17.8 Å². The molecule has 100 valence electrons. The Morgan fingerprint density at radius 1 is 1.17 bits per heavy atom. The highest BCUT2D eigenvalue weighted by Crippen LogP contribution is 2.37. The SMILES string of the molecule is COc1cc(NC2CCSCC2)c(OC)cc1Cl. The van der Waals surface area contributed by atoms with Gasteiger partial charge in [-0.2, -0.15) is 11.8 Å². The van der Waals surface area contributed by atoms with E-state index in [1.165, 1.54) is 24.3 Å². The van der Waals surface area contributed by atoms with Gasteiger partial charge in [-0.05, 0) is 24.3 Å². The van der Waals surface area contributed by atoms with Gasteiger partial charge in [-0.15, -0.1) is 0 Å². The quantitative estimate of drug-likeness (QED) is 0.915. The summed E-state index contributed by atoms with van der Waals surface area (Å²) >= 11 is 8.10. The number of rotatable bonds is 4. The molecule has 0 bridgehead atoms. The molecule has 0 saturated carbocycles. The average molecular weight is 288 g/mol. The number of halogens is 1. The first kappa shape index (κ1) is 13.7. The van der Waals surface area contributed by atoms with E-state index in [4.69, 9.17) is 21.1 Å². The number of benzene rings is 1. The second-order valence-corrected chi connectivity index (χ2v) is 5.85. The first-order valence-corrected chi connectivity index (χ1v) is 7.53. The van der Waals surface area contributed by atoms with E-state index in [-0.39, 0.29) is 0 Å². The van der Waals surface area contributed by atoms with Gasteiger partial charge in [0.1, 0.15) is 11.5 Å². The van der Waals surface area contributed by atoms with Crippen LogP contribution in [0.25, 0.3) is 0 Å². The van der Waals surface area contributed by atoms with Gasteiger partial charge in [0, 0.05) is 18.2 Å². The van der Waals surface area contributed by atoms with Crippen molar-refractivity contribution in [1.82, 2.24) is 0 Å². The van der Waals surface area contributed by atoms with Crippen molar-refractivity contribution in [3.63, 3.8) is 0 Å². The Hall–Kier alpha value is -0.740. The Morgan fingerprint density at radius 3 is 2.44 bits per heavy atom. The van der Waals surface area contributed by atoms with Gasteiger partial charge < -0.3 is 14.8 Å². The second-order valence-electron chi connectivity index (χ2n) is 4.22. The molecule has 1 N–H and O–H groups in total. The van der Waals surface area contributed by atoms with Crippen molar-refractivity contribution in [3.05, 3.63) is 17.2 Å². The molecule has 1 fully saturated rings. The molecule has 1 aromatic rings. The summed E-state index contributed by atoms with van der Waals surface area (Å²) in [7, 11) is 3.27. The van der Waals surface area contributed by atoms with Crippen molar-refractivity contribution in [1.29, 1.82) is 0 Å². The fraction of sp³-hybridized carbons (Fsp3) is 0.538. The summed E-state index contributed by atoms with van der Waals surface area (Å²) in [4.78, 5) is 0. The maximum absolute atomic E-state index is 6.09. The third kappa shape index (κ3) is 3.18. The molecule has 0 radical (unpaired) electrons. The smallest absolute Gasteiger partial charge is 0.143 e. The zero-order valence-electron chi connectivity index (χ0n) is 10.7. The van der Waals surface area contributed by atoms with Crippen LogP contribution in [0.1, 0.15) is 12.8 Å². The Morgan fingerprint density at radius 2 is 1.83 bits per heavy atom. The first-order chi connectivity index (χ1) is 8.74. The van der Waals surface area contributed by atoms with E-state index in [1.54, 1.807) is 20.3 Å². The molecule has 1 heterocycles. The van der Waals surface area contributed by atoms with Crippen molar-refractivity contribution in [3.8, 4) is 11.5 Å². The maximum Gasteiger partial charge on any atom is 0.143 e. The number of thioether (sulfide) groups is 1. The zero-order chi connectivity index (χ0) is 13.0. The highest BCUT2D eigenvalue weighted by Gasteiger charge is 2.16. The second kappa shape index (κ2) is 6.43. The highest BCUT2D eigenvalue weighted by molar-refractivity contribution is 7.99. The van der Waals surface area contributed by atoms with Gasteiger partial charge in [-0.3, -0.25) is 0 Å². The molecule has 3 nitrogen and oxygen atoms in total. The van der Waals surface area contributed by atoms with Gasteiger partial charge in [0.25, 0.3) is 0 Å². The number of nitrogens with one attached hydrogen (secondary N) is 1. The van der Waals surface area contributed by atoms with E-state index in [0.29, 0.717) is 16.8 Å². The summed E-state index contributed by atoms with van der Waals surface area (Å²) < 4.78 is 10.6. The fourth-order valence-electron chi connectivity index (χ4n) is 2.04. The summed E-state index contributed by atoms with van der Waals surface area (Å²) in [5, 5.41) is 4.09. The van der Waals surface area contributed by atoms with Crippen molar-refractivity contribution < 1.29 is 9.47 Å². The Balaban J connectivity index is 2.18. The molecule has 1 saturated heterocycles. The van der Waals surface area contributed by atoms with Crippen LogP contribution in [0.4, 0.5) is 5.69 Å².